The molecule has 0 heterocycles. The lowest BCUT2D eigenvalue weighted by molar-refractivity contribution is -0.154. The molecule has 0 bridgehead atoms. The fraction of sp³-hybridized carbons (Fsp3) is 0.125. The Bertz CT molecular complexity index is 873. The van der Waals surface area contributed by atoms with E-state index in [1.54, 1.807) is 84.9 Å². The third kappa shape index (κ3) is 5.33. The fourth-order valence-electron chi connectivity index (χ4n) is 2.83. The standard InChI is InChI=1S/C23H19FO3.CH3Br/c24-23(20-12-6-2-7-13-20,21-14-8-3-9-15-21)22(26)27-17-19(16-25)18-10-4-1-5-11-18;1-2/h1-16,25H,17H2;1H3. The van der Waals surface area contributed by atoms with E-state index >= 15 is 4.39 Å². The molecule has 0 aliphatic heterocycles. The second kappa shape index (κ2) is 11.2. The van der Waals surface area contributed by atoms with Gasteiger partial charge in [-0.2, -0.15) is 0 Å². The number of aliphatic hydroxyl groups is 1. The van der Waals surface area contributed by atoms with Crippen LogP contribution in [0.5, 0.6) is 0 Å². The van der Waals surface area contributed by atoms with Crippen LogP contribution in [0.1, 0.15) is 16.7 Å². The van der Waals surface area contributed by atoms with Gasteiger partial charge in [-0.05, 0) is 11.4 Å². The summed E-state index contributed by atoms with van der Waals surface area (Å²) < 4.78 is 21.3. The average Bonchev–Trinajstić information content (AvgIpc) is 2.82. The maximum Gasteiger partial charge on any atom is 0.353 e. The minimum atomic E-state index is -2.44. The zero-order valence-corrected chi connectivity index (χ0v) is 17.6. The first-order chi connectivity index (χ1) is 14.2. The Morgan fingerprint density at radius 2 is 1.31 bits per heavy atom. The molecule has 0 atom stereocenters. The SMILES string of the molecule is CBr.O=C(OCC(=CO)c1ccccc1)C(F)(c1ccccc1)c1ccccc1. The van der Waals surface area contributed by atoms with Crippen LogP contribution < -0.4 is 0 Å². The molecule has 0 aromatic heterocycles. The topological polar surface area (TPSA) is 46.5 Å². The molecule has 0 unspecified atom stereocenters. The summed E-state index contributed by atoms with van der Waals surface area (Å²) in [6, 6.07) is 25.4. The third-order valence-electron chi connectivity index (χ3n) is 4.28. The van der Waals surface area contributed by atoms with Crippen molar-refractivity contribution in [3.63, 3.8) is 0 Å². The van der Waals surface area contributed by atoms with Crippen LogP contribution in [0.2, 0.25) is 0 Å². The van der Waals surface area contributed by atoms with Gasteiger partial charge in [0.05, 0.1) is 6.26 Å². The van der Waals surface area contributed by atoms with Gasteiger partial charge < -0.3 is 9.84 Å². The summed E-state index contributed by atoms with van der Waals surface area (Å²) >= 11 is 2.94. The van der Waals surface area contributed by atoms with Crippen LogP contribution in [0, 0.1) is 0 Å². The fourth-order valence-corrected chi connectivity index (χ4v) is 2.83. The van der Waals surface area contributed by atoms with Crippen molar-refractivity contribution in [3.8, 4) is 0 Å². The number of alkyl halides is 2. The summed E-state index contributed by atoms with van der Waals surface area (Å²) in [4.78, 5) is 12.8. The van der Waals surface area contributed by atoms with E-state index in [1.807, 2.05) is 11.9 Å². The maximum atomic E-state index is 16.1. The molecular weight excluding hydrogens is 435 g/mol. The van der Waals surface area contributed by atoms with Gasteiger partial charge in [-0.1, -0.05) is 107 Å². The van der Waals surface area contributed by atoms with Crippen molar-refractivity contribution in [2.24, 2.45) is 0 Å². The largest absolute Gasteiger partial charge is 0.515 e. The Morgan fingerprint density at radius 1 is 0.897 bits per heavy atom. The first-order valence-electron chi connectivity index (χ1n) is 8.90. The monoisotopic (exact) mass is 456 g/mol. The molecular formula is C24H22BrFO3. The molecule has 150 valence electrons. The smallest absolute Gasteiger partial charge is 0.353 e. The number of hydrogen-bond acceptors (Lipinski definition) is 3. The van der Waals surface area contributed by atoms with Gasteiger partial charge in [0, 0.05) is 16.7 Å². The van der Waals surface area contributed by atoms with E-state index in [9.17, 15) is 9.90 Å². The van der Waals surface area contributed by atoms with E-state index in [0.29, 0.717) is 11.1 Å². The highest BCUT2D eigenvalue weighted by Gasteiger charge is 2.44. The molecule has 0 spiro atoms. The number of benzene rings is 3. The number of hydrogen-bond donors (Lipinski definition) is 1. The van der Waals surface area contributed by atoms with Gasteiger partial charge in [0.2, 0.25) is 0 Å². The van der Waals surface area contributed by atoms with E-state index in [0.717, 1.165) is 6.26 Å². The molecule has 1 N–H and O–H groups in total. The van der Waals surface area contributed by atoms with Crippen molar-refractivity contribution < 1.29 is 19.0 Å². The van der Waals surface area contributed by atoms with Crippen molar-refractivity contribution in [1.82, 2.24) is 0 Å². The number of esters is 1. The summed E-state index contributed by atoms with van der Waals surface area (Å²) in [6.45, 7) is -0.245. The van der Waals surface area contributed by atoms with E-state index in [-0.39, 0.29) is 17.7 Å². The molecule has 3 nitrogen and oxygen atoms in total. The Morgan fingerprint density at radius 3 is 1.72 bits per heavy atom. The van der Waals surface area contributed by atoms with Crippen LogP contribution in [-0.4, -0.2) is 23.5 Å². The highest BCUT2D eigenvalue weighted by atomic mass is 79.9. The summed E-state index contributed by atoms with van der Waals surface area (Å²) in [7, 11) is 0. The van der Waals surface area contributed by atoms with Crippen LogP contribution in [0.25, 0.3) is 5.57 Å². The highest BCUT2D eigenvalue weighted by Crippen LogP contribution is 2.35. The Hall–Kier alpha value is -2.92. The van der Waals surface area contributed by atoms with E-state index in [4.69, 9.17) is 4.74 Å². The molecule has 0 aliphatic carbocycles. The molecule has 3 rings (SSSR count). The van der Waals surface area contributed by atoms with Gasteiger partial charge >= 0.3 is 5.97 Å². The summed E-state index contributed by atoms with van der Waals surface area (Å²) in [5, 5.41) is 9.48. The van der Waals surface area contributed by atoms with Crippen molar-refractivity contribution >= 4 is 27.5 Å². The van der Waals surface area contributed by atoms with E-state index in [1.165, 1.54) is 0 Å². The van der Waals surface area contributed by atoms with Crippen LogP contribution in [0.4, 0.5) is 4.39 Å². The van der Waals surface area contributed by atoms with Crippen LogP contribution in [0.15, 0.2) is 97.3 Å². The lowest BCUT2D eigenvalue weighted by atomic mass is 9.88. The highest BCUT2D eigenvalue weighted by molar-refractivity contribution is 9.08. The second-order valence-electron chi connectivity index (χ2n) is 5.99. The Balaban J connectivity index is 0.00000145. The van der Waals surface area contributed by atoms with Gasteiger partial charge in [0.15, 0.2) is 0 Å². The van der Waals surface area contributed by atoms with Crippen LogP contribution in [0.3, 0.4) is 0 Å². The molecule has 0 saturated heterocycles. The number of carbonyl (C=O) groups is 1. The van der Waals surface area contributed by atoms with Gasteiger partial charge in [0.25, 0.3) is 5.67 Å². The third-order valence-corrected chi connectivity index (χ3v) is 4.28. The van der Waals surface area contributed by atoms with E-state index in [2.05, 4.69) is 15.9 Å². The minimum absolute atomic E-state index is 0.190. The van der Waals surface area contributed by atoms with Gasteiger partial charge in [0.1, 0.15) is 6.61 Å². The molecule has 5 heteroatoms. The van der Waals surface area contributed by atoms with Crippen molar-refractivity contribution in [2.45, 2.75) is 5.67 Å². The van der Waals surface area contributed by atoms with E-state index < -0.39 is 11.6 Å². The predicted octanol–water partition coefficient (Wildman–Crippen LogP) is 6.05. The molecule has 0 amide bonds. The van der Waals surface area contributed by atoms with Crippen LogP contribution >= 0.6 is 15.9 Å². The van der Waals surface area contributed by atoms with Crippen molar-refractivity contribution in [2.75, 3.05) is 12.4 Å². The average molecular weight is 457 g/mol. The zero-order valence-electron chi connectivity index (χ0n) is 16.0. The summed E-state index contributed by atoms with van der Waals surface area (Å²) in [5.41, 5.74) is -0.991. The lowest BCUT2D eigenvalue weighted by Crippen LogP contribution is -2.34. The van der Waals surface area contributed by atoms with Gasteiger partial charge in [-0.25, -0.2) is 9.18 Å². The number of halogens is 2. The lowest BCUT2D eigenvalue weighted by Gasteiger charge is -2.24. The van der Waals surface area contributed by atoms with Gasteiger partial charge in [-0.15, -0.1) is 0 Å². The summed E-state index contributed by atoms with van der Waals surface area (Å²) in [6.07, 6.45) is 0.869. The van der Waals surface area contributed by atoms with Crippen molar-refractivity contribution in [1.29, 1.82) is 0 Å². The minimum Gasteiger partial charge on any atom is -0.515 e. The predicted molar refractivity (Wildman–Crippen MR) is 118 cm³/mol. The van der Waals surface area contributed by atoms with Crippen molar-refractivity contribution in [3.05, 3.63) is 114 Å². The second-order valence-corrected chi connectivity index (χ2v) is 5.99. The normalized spacial score (nSPS) is 11.2. The zero-order chi connectivity index (χ0) is 21.1. The number of ether oxygens (including phenoxy) is 1. The number of rotatable bonds is 6. The first kappa shape index (κ1) is 22.4. The molecule has 3 aromatic rings. The molecule has 3 aromatic carbocycles. The molecule has 0 saturated carbocycles. The summed E-state index contributed by atoms with van der Waals surface area (Å²) in [5.74, 6) is 0.780. The van der Waals surface area contributed by atoms with Gasteiger partial charge in [-0.3, -0.25) is 0 Å². The molecule has 0 aliphatic rings. The van der Waals surface area contributed by atoms with Crippen LogP contribution in [-0.2, 0) is 15.2 Å². The number of carbonyl (C=O) groups excluding carboxylic acids is 1. The number of aliphatic hydroxyl groups excluding tert-OH is 1. The molecule has 29 heavy (non-hydrogen) atoms. The molecule has 0 fully saturated rings. The maximum absolute atomic E-state index is 16.1. The molecule has 0 radical (unpaired) electrons. The Kier molecular flexibility index (Phi) is 8.62. The first-order valence-corrected chi connectivity index (χ1v) is 10.5. The Labute approximate surface area is 178 Å². The quantitative estimate of drug-likeness (QED) is 0.278.